The number of carbonyl (C=O) groups is 2. The number of hydrogen-bond acceptors (Lipinski definition) is 2. The molecule has 16 heavy (non-hydrogen) atoms. The van der Waals surface area contributed by atoms with Crippen LogP contribution >= 0.6 is 0 Å². The lowest BCUT2D eigenvalue weighted by molar-refractivity contribution is -0.120. The Morgan fingerprint density at radius 3 is 2.44 bits per heavy atom. The second kappa shape index (κ2) is 6.77. The lowest BCUT2D eigenvalue weighted by Crippen LogP contribution is -2.30. The van der Waals surface area contributed by atoms with Crippen molar-refractivity contribution in [2.75, 3.05) is 0 Å². The molecule has 0 bridgehead atoms. The fourth-order valence-electron chi connectivity index (χ4n) is 1.39. The maximum absolute atomic E-state index is 11.6. The van der Waals surface area contributed by atoms with Crippen LogP contribution in [0.25, 0.3) is 0 Å². The third-order valence-electron chi connectivity index (χ3n) is 2.30. The number of hydrogen-bond donors (Lipinski definition) is 1. The number of benzene rings is 1. The molecule has 0 unspecified atom stereocenters. The number of unbranched alkanes of at least 4 members (excludes halogenated alkanes) is 2. The molecule has 0 aliphatic heterocycles. The Kier molecular flexibility index (Phi) is 5.26. The minimum Gasteiger partial charge on any atom is -0.292 e. The first-order valence-corrected chi connectivity index (χ1v) is 5.63. The van der Waals surface area contributed by atoms with Crippen LogP contribution in [0, 0.1) is 0 Å². The van der Waals surface area contributed by atoms with Crippen LogP contribution in [0.4, 0.5) is 0 Å². The van der Waals surface area contributed by atoms with Crippen molar-refractivity contribution in [3.8, 4) is 0 Å². The van der Waals surface area contributed by atoms with E-state index in [0.29, 0.717) is 12.0 Å². The number of rotatable bonds is 5. The first kappa shape index (κ1) is 12.4. The van der Waals surface area contributed by atoms with Crippen molar-refractivity contribution in [2.45, 2.75) is 32.6 Å². The van der Waals surface area contributed by atoms with E-state index in [2.05, 4.69) is 12.2 Å². The number of nitrogens with one attached hydrogen (secondary N) is 1. The topological polar surface area (TPSA) is 46.2 Å². The van der Waals surface area contributed by atoms with Gasteiger partial charge < -0.3 is 0 Å². The summed E-state index contributed by atoms with van der Waals surface area (Å²) in [5.74, 6) is -0.510. The molecule has 0 fully saturated rings. The largest absolute Gasteiger partial charge is 0.292 e. The quantitative estimate of drug-likeness (QED) is 0.773. The van der Waals surface area contributed by atoms with Crippen LogP contribution in [0.1, 0.15) is 43.0 Å². The van der Waals surface area contributed by atoms with Crippen LogP contribution in [-0.2, 0) is 4.79 Å². The molecule has 86 valence electrons. The normalized spacial score (nSPS) is 9.81. The summed E-state index contributed by atoms with van der Waals surface area (Å²) < 4.78 is 0. The van der Waals surface area contributed by atoms with Crippen molar-refractivity contribution < 1.29 is 9.59 Å². The van der Waals surface area contributed by atoms with Crippen LogP contribution in [0.5, 0.6) is 0 Å². The molecule has 0 saturated heterocycles. The lowest BCUT2D eigenvalue weighted by atomic mass is 10.2. The van der Waals surface area contributed by atoms with Crippen molar-refractivity contribution in [1.29, 1.82) is 0 Å². The Hall–Kier alpha value is -1.64. The molecule has 0 spiro atoms. The van der Waals surface area contributed by atoms with Crippen LogP contribution in [0.2, 0.25) is 0 Å². The predicted octanol–water partition coefficient (Wildman–Crippen LogP) is 2.52. The Balaban J connectivity index is 2.37. The van der Waals surface area contributed by atoms with Gasteiger partial charge in [0, 0.05) is 12.0 Å². The van der Waals surface area contributed by atoms with E-state index in [-0.39, 0.29) is 11.8 Å². The van der Waals surface area contributed by atoms with Crippen molar-refractivity contribution in [3.05, 3.63) is 35.9 Å². The van der Waals surface area contributed by atoms with Crippen molar-refractivity contribution in [3.63, 3.8) is 0 Å². The fraction of sp³-hybridized carbons (Fsp3) is 0.385. The van der Waals surface area contributed by atoms with Gasteiger partial charge in [-0.1, -0.05) is 38.0 Å². The van der Waals surface area contributed by atoms with E-state index in [1.807, 2.05) is 6.07 Å². The average molecular weight is 219 g/mol. The molecule has 0 atom stereocenters. The number of carbonyl (C=O) groups excluding carboxylic acids is 2. The smallest absolute Gasteiger partial charge is 0.257 e. The molecule has 3 heteroatoms. The lowest BCUT2D eigenvalue weighted by Gasteiger charge is -2.03. The van der Waals surface area contributed by atoms with Gasteiger partial charge in [0.05, 0.1) is 0 Å². The van der Waals surface area contributed by atoms with Crippen LogP contribution in [0.3, 0.4) is 0 Å². The SMILES string of the molecule is CCCCCC(=O)NC(=O)c1ccccc1. The third kappa shape index (κ3) is 4.26. The minimum absolute atomic E-state index is 0.192. The van der Waals surface area contributed by atoms with E-state index in [9.17, 15) is 9.59 Å². The highest BCUT2D eigenvalue weighted by Crippen LogP contribution is 2.01. The van der Waals surface area contributed by atoms with Gasteiger partial charge in [0.15, 0.2) is 0 Å². The molecule has 0 aliphatic carbocycles. The zero-order valence-corrected chi connectivity index (χ0v) is 9.53. The van der Waals surface area contributed by atoms with Gasteiger partial charge in [-0.05, 0) is 18.6 Å². The Morgan fingerprint density at radius 1 is 1.12 bits per heavy atom. The molecule has 1 N–H and O–H groups in total. The summed E-state index contributed by atoms with van der Waals surface area (Å²) in [7, 11) is 0. The van der Waals surface area contributed by atoms with Crippen LogP contribution < -0.4 is 5.32 Å². The highest BCUT2D eigenvalue weighted by molar-refractivity contribution is 6.04. The average Bonchev–Trinajstić information content (AvgIpc) is 2.30. The molecular weight excluding hydrogens is 202 g/mol. The molecule has 1 aromatic rings. The highest BCUT2D eigenvalue weighted by atomic mass is 16.2. The first-order valence-electron chi connectivity index (χ1n) is 5.63. The summed E-state index contributed by atoms with van der Waals surface area (Å²) in [5, 5.41) is 2.38. The molecule has 0 heterocycles. The minimum atomic E-state index is -0.318. The van der Waals surface area contributed by atoms with E-state index in [0.717, 1.165) is 19.3 Å². The second-order valence-electron chi connectivity index (χ2n) is 3.70. The molecule has 0 radical (unpaired) electrons. The molecule has 0 aromatic heterocycles. The summed E-state index contributed by atoms with van der Waals surface area (Å²) in [6, 6.07) is 8.76. The van der Waals surface area contributed by atoms with Gasteiger partial charge in [-0.25, -0.2) is 0 Å². The van der Waals surface area contributed by atoms with Crippen molar-refractivity contribution in [2.24, 2.45) is 0 Å². The van der Waals surface area contributed by atoms with Gasteiger partial charge in [0.25, 0.3) is 5.91 Å². The summed E-state index contributed by atoms with van der Waals surface area (Å²) in [4.78, 5) is 22.9. The third-order valence-corrected chi connectivity index (χ3v) is 2.30. The summed E-state index contributed by atoms with van der Waals surface area (Å²) in [6.45, 7) is 2.08. The maximum Gasteiger partial charge on any atom is 0.257 e. The summed E-state index contributed by atoms with van der Waals surface area (Å²) >= 11 is 0. The molecule has 0 saturated carbocycles. The summed E-state index contributed by atoms with van der Waals surface area (Å²) in [6.07, 6.45) is 3.35. The maximum atomic E-state index is 11.6. The van der Waals surface area contributed by atoms with Gasteiger partial charge in [-0.3, -0.25) is 14.9 Å². The molecule has 0 aliphatic rings. The van der Waals surface area contributed by atoms with Gasteiger partial charge in [-0.15, -0.1) is 0 Å². The molecule has 1 aromatic carbocycles. The van der Waals surface area contributed by atoms with Gasteiger partial charge in [0.2, 0.25) is 5.91 Å². The standard InChI is InChI=1S/C13H17NO2/c1-2-3-5-10-12(15)14-13(16)11-8-6-4-7-9-11/h4,6-9H,2-3,5,10H2,1H3,(H,14,15,16). The van der Waals surface area contributed by atoms with Gasteiger partial charge in [0.1, 0.15) is 0 Å². The number of imide groups is 1. The Morgan fingerprint density at radius 2 is 1.81 bits per heavy atom. The predicted molar refractivity (Wildman–Crippen MR) is 63.1 cm³/mol. The Bertz CT molecular complexity index is 346. The van der Waals surface area contributed by atoms with Crippen LogP contribution in [0.15, 0.2) is 30.3 Å². The van der Waals surface area contributed by atoms with E-state index >= 15 is 0 Å². The summed E-state index contributed by atoms with van der Waals surface area (Å²) in [5.41, 5.74) is 0.520. The van der Waals surface area contributed by atoms with Crippen molar-refractivity contribution >= 4 is 11.8 Å². The Labute approximate surface area is 95.9 Å². The van der Waals surface area contributed by atoms with Crippen LogP contribution in [-0.4, -0.2) is 11.8 Å². The van der Waals surface area contributed by atoms with Gasteiger partial charge >= 0.3 is 0 Å². The van der Waals surface area contributed by atoms with Crippen molar-refractivity contribution in [1.82, 2.24) is 5.32 Å². The number of amides is 2. The second-order valence-corrected chi connectivity index (χ2v) is 3.70. The monoisotopic (exact) mass is 219 g/mol. The highest BCUT2D eigenvalue weighted by Gasteiger charge is 2.08. The van der Waals surface area contributed by atoms with Gasteiger partial charge in [-0.2, -0.15) is 0 Å². The molecule has 2 amide bonds. The molecule has 1 rings (SSSR count). The zero-order valence-electron chi connectivity index (χ0n) is 9.53. The molecule has 3 nitrogen and oxygen atoms in total. The first-order chi connectivity index (χ1) is 7.74. The van der Waals surface area contributed by atoms with E-state index in [1.54, 1.807) is 24.3 Å². The zero-order chi connectivity index (χ0) is 11.8. The fourth-order valence-corrected chi connectivity index (χ4v) is 1.39. The van der Waals surface area contributed by atoms with E-state index in [4.69, 9.17) is 0 Å². The van der Waals surface area contributed by atoms with E-state index < -0.39 is 0 Å². The molecular formula is C13H17NO2. The van der Waals surface area contributed by atoms with E-state index in [1.165, 1.54) is 0 Å².